The van der Waals surface area contributed by atoms with Gasteiger partial charge in [0.05, 0.1) is 5.39 Å². The molecular formula is C13H7F2NO. The molecule has 1 aromatic heterocycles. The minimum Gasteiger partial charge on any atom is -0.321 e. The van der Waals surface area contributed by atoms with Crippen LogP contribution in [0, 0.1) is 11.6 Å². The van der Waals surface area contributed by atoms with Crippen LogP contribution in [-0.4, -0.2) is 4.98 Å². The molecule has 17 heavy (non-hydrogen) atoms. The van der Waals surface area contributed by atoms with E-state index in [0.29, 0.717) is 16.3 Å². The van der Waals surface area contributed by atoms with E-state index in [-0.39, 0.29) is 5.39 Å². The van der Waals surface area contributed by atoms with E-state index in [9.17, 15) is 13.6 Å². The van der Waals surface area contributed by atoms with E-state index >= 15 is 0 Å². The maximum Gasteiger partial charge on any atom is 0.256 e. The van der Waals surface area contributed by atoms with Gasteiger partial charge in [0.2, 0.25) is 0 Å². The van der Waals surface area contributed by atoms with E-state index in [0.717, 1.165) is 12.1 Å². The van der Waals surface area contributed by atoms with Crippen LogP contribution in [0.15, 0.2) is 41.2 Å². The first-order valence-corrected chi connectivity index (χ1v) is 5.06. The van der Waals surface area contributed by atoms with E-state index in [1.165, 1.54) is 0 Å². The number of para-hydroxylation sites is 1. The molecule has 0 bridgehead atoms. The van der Waals surface area contributed by atoms with Crippen LogP contribution in [0.4, 0.5) is 8.78 Å². The third kappa shape index (κ3) is 1.41. The Balaban J connectivity index is 2.65. The number of fused-ring (bicyclic) bond motifs is 3. The van der Waals surface area contributed by atoms with Crippen LogP contribution in [0.2, 0.25) is 0 Å². The largest absolute Gasteiger partial charge is 0.321 e. The summed E-state index contributed by atoms with van der Waals surface area (Å²) in [5.41, 5.74) is 0.189. The number of hydrogen-bond acceptors (Lipinski definition) is 1. The van der Waals surface area contributed by atoms with Gasteiger partial charge in [-0.1, -0.05) is 18.2 Å². The van der Waals surface area contributed by atoms with Crippen molar-refractivity contribution in [2.24, 2.45) is 0 Å². The summed E-state index contributed by atoms with van der Waals surface area (Å²) in [4.78, 5) is 14.3. The number of hydrogen-bond donors (Lipinski definition) is 1. The van der Waals surface area contributed by atoms with Gasteiger partial charge in [0.1, 0.15) is 0 Å². The van der Waals surface area contributed by atoms with Gasteiger partial charge in [0, 0.05) is 10.9 Å². The fraction of sp³-hybridized carbons (Fsp3) is 0. The standard InChI is InChI=1S/C13H7F2NO/c14-10-5-8-7-3-1-2-4-12(7)16-13(17)9(8)6-11(10)15/h1-6H,(H,16,17). The fourth-order valence-electron chi connectivity index (χ4n) is 1.97. The molecule has 0 radical (unpaired) electrons. The van der Waals surface area contributed by atoms with Crippen LogP contribution in [0.25, 0.3) is 21.7 Å². The van der Waals surface area contributed by atoms with Crippen LogP contribution in [0.5, 0.6) is 0 Å². The van der Waals surface area contributed by atoms with Crippen molar-refractivity contribution in [3.05, 3.63) is 58.4 Å². The molecule has 4 heteroatoms. The molecule has 3 rings (SSSR count). The predicted octanol–water partition coefficient (Wildman–Crippen LogP) is 2.96. The number of aromatic amines is 1. The van der Waals surface area contributed by atoms with Crippen molar-refractivity contribution in [2.75, 3.05) is 0 Å². The maximum absolute atomic E-state index is 13.2. The molecule has 0 amide bonds. The highest BCUT2D eigenvalue weighted by Gasteiger charge is 2.09. The number of pyridine rings is 1. The van der Waals surface area contributed by atoms with Crippen LogP contribution < -0.4 is 5.56 Å². The second-order valence-electron chi connectivity index (χ2n) is 3.81. The average molecular weight is 231 g/mol. The second kappa shape index (κ2) is 3.38. The van der Waals surface area contributed by atoms with Crippen molar-refractivity contribution in [3.8, 4) is 0 Å². The highest BCUT2D eigenvalue weighted by Crippen LogP contribution is 2.23. The first-order chi connectivity index (χ1) is 8.16. The molecule has 1 N–H and O–H groups in total. The summed E-state index contributed by atoms with van der Waals surface area (Å²) in [5.74, 6) is -1.97. The number of halogens is 2. The maximum atomic E-state index is 13.2. The number of aromatic nitrogens is 1. The van der Waals surface area contributed by atoms with Gasteiger partial charge in [-0.25, -0.2) is 8.78 Å². The van der Waals surface area contributed by atoms with E-state index in [2.05, 4.69) is 4.98 Å². The minimum absolute atomic E-state index is 0.155. The van der Waals surface area contributed by atoms with E-state index in [1.54, 1.807) is 24.3 Å². The van der Waals surface area contributed by atoms with Crippen molar-refractivity contribution in [3.63, 3.8) is 0 Å². The van der Waals surface area contributed by atoms with Gasteiger partial charge in [-0.2, -0.15) is 0 Å². The molecule has 0 saturated carbocycles. The SMILES string of the molecule is O=c1[nH]c2ccccc2c2cc(F)c(F)cc12. The molecule has 0 aliphatic heterocycles. The lowest BCUT2D eigenvalue weighted by Gasteiger charge is -2.03. The Kier molecular flexibility index (Phi) is 1.98. The lowest BCUT2D eigenvalue weighted by atomic mass is 10.1. The summed E-state index contributed by atoms with van der Waals surface area (Å²) in [6, 6.07) is 9.01. The summed E-state index contributed by atoms with van der Waals surface area (Å²) >= 11 is 0. The number of rotatable bonds is 0. The van der Waals surface area contributed by atoms with Gasteiger partial charge in [-0.05, 0) is 23.6 Å². The minimum atomic E-state index is -1.02. The van der Waals surface area contributed by atoms with Crippen molar-refractivity contribution in [1.29, 1.82) is 0 Å². The number of benzene rings is 2. The summed E-state index contributed by atoms with van der Waals surface area (Å²) in [5, 5.41) is 1.27. The molecule has 0 saturated heterocycles. The van der Waals surface area contributed by atoms with E-state index in [4.69, 9.17) is 0 Å². The van der Waals surface area contributed by atoms with Crippen LogP contribution >= 0.6 is 0 Å². The van der Waals surface area contributed by atoms with Crippen molar-refractivity contribution in [2.45, 2.75) is 0 Å². The van der Waals surface area contributed by atoms with Gasteiger partial charge in [0.15, 0.2) is 11.6 Å². The Hall–Kier alpha value is -2.23. The van der Waals surface area contributed by atoms with Crippen LogP contribution in [0.1, 0.15) is 0 Å². The Bertz CT molecular complexity index is 792. The third-order valence-electron chi connectivity index (χ3n) is 2.77. The second-order valence-corrected chi connectivity index (χ2v) is 3.81. The quantitative estimate of drug-likeness (QED) is 0.593. The Morgan fingerprint density at radius 2 is 1.53 bits per heavy atom. The highest BCUT2D eigenvalue weighted by molar-refractivity contribution is 6.05. The summed E-state index contributed by atoms with van der Waals surface area (Å²) in [6.45, 7) is 0. The zero-order valence-electron chi connectivity index (χ0n) is 8.63. The molecule has 84 valence electrons. The number of H-pyrrole nitrogens is 1. The molecule has 2 aromatic carbocycles. The molecule has 0 atom stereocenters. The molecule has 3 aromatic rings. The lowest BCUT2D eigenvalue weighted by Crippen LogP contribution is -2.07. The van der Waals surface area contributed by atoms with Gasteiger partial charge >= 0.3 is 0 Å². The molecule has 1 heterocycles. The smallest absolute Gasteiger partial charge is 0.256 e. The molecule has 0 spiro atoms. The van der Waals surface area contributed by atoms with Gasteiger partial charge in [0.25, 0.3) is 5.56 Å². The Labute approximate surface area is 94.5 Å². The molecule has 0 fully saturated rings. The topological polar surface area (TPSA) is 32.9 Å². The normalized spacial score (nSPS) is 11.2. The molecule has 2 nitrogen and oxygen atoms in total. The van der Waals surface area contributed by atoms with Gasteiger partial charge in [-0.3, -0.25) is 4.79 Å². The summed E-state index contributed by atoms with van der Waals surface area (Å²) < 4.78 is 26.3. The van der Waals surface area contributed by atoms with Gasteiger partial charge in [-0.15, -0.1) is 0 Å². The highest BCUT2D eigenvalue weighted by atomic mass is 19.2. The van der Waals surface area contributed by atoms with Crippen molar-refractivity contribution in [1.82, 2.24) is 4.98 Å². The predicted molar refractivity (Wildman–Crippen MR) is 62.0 cm³/mol. The number of nitrogens with one attached hydrogen (secondary N) is 1. The Morgan fingerprint density at radius 1 is 0.882 bits per heavy atom. The molecule has 0 aliphatic carbocycles. The zero-order chi connectivity index (χ0) is 12.0. The average Bonchev–Trinajstić information content (AvgIpc) is 2.32. The molecular weight excluding hydrogens is 224 g/mol. The van der Waals surface area contributed by atoms with Crippen molar-refractivity contribution < 1.29 is 8.78 Å². The van der Waals surface area contributed by atoms with Crippen LogP contribution in [-0.2, 0) is 0 Å². The van der Waals surface area contributed by atoms with Gasteiger partial charge < -0.3 is 4.98 Å². The zero-order valence-corrected chi connectivity index (χ0v) is 8.63. The molecule has 0 unspecified atom stereocenters. The molecule has 0 aliphatic rings. The third-order valence-corrected chi connectivity index (χ3v) is 2.77. The fourth-order valence-corrected chi connectivity index (χ4v) is 1.97. The van der Waals surface area contributed by atoms with E-state index < -0.39 is 17.2 Å². The summed E-state index contributed by atoms with van der Waals surface area (Å²) in [6.07, 6.45) is 0. The Morgan fingerprint density at radius 3 is 2.29 bits per heavy atom. The lowest BCUT2D eigenvalue weighted by molar-refractivity contribution is 0.511. The first kappa shape index (κ1) is 9.96. The van der Waals surface area contributed by atoms with Crippen molar-refractivity contribution >= 4 is 21.7 Å². The monoisotopic (exact) mass is 231 g/mol. The first-order valence-electron chi connectivity index (χ1n) is 5.06. The van der Waals surface area contributed by atoms with Crippen LogP contribution in [0.3, 0.4) is 0 Å². The van der Waals surface area contributed by atoms with E-state index in [1.807, 2.05) is 0 Å². The summed E-state index contributed by atoms with van der Waals surface area (Å²) in [7, 11) is 0.